The van der Waals surface area contributed by atoms with Crippen LogP contribution in [0.1, 0.15) is 0 Å². The van der Waals surface area contributed by atoms with Crippen LogP contribution in [-0.4, -0.2) is 46.6 Å². The highest BCUT2D eigenvalue weighted by atomic mass is 31.1. The molecule has 72 valence electrons. The zero-order chi connectivity index (χ0) is 9.61. The third kappa shape index (κ3) is 3.53. The Kier molecular flexibility index (Phi) is 5.48. The smallest absolute Gasteiger partial charge is 0.396 e. The molecule has 0 saturated heterocycles. The monoisotopic (exact) mass is 199 g/mol. The van der Waals surface area contributed by atoms with Gasteiger partial charge in [0, 0.05) is 4.57 Å². The summed E-state index contributed by atoms with van der Waals surface area (Å²) in [6.45, 7) is -1.89. The van der Waals surface area contributed by atoms with Gasteiger partial charge in [-0.15, -0.1) is 9.42 Å². The predicted molar refractivity (Wildman–Crippen MR) is 39.5 cm³/mol. The van der Waals surface area contributed by atoms with Crippen LogP contribution >= 0.6 is 8.25 Å². The third-order valence-electron chi connectivity index (χ3n) is 1.49. The van der Waals surface area contributed by atoms with E-state index in [1.807, 2.05) is 0 Å². The van der Waals surface area contributed by atoms with Crippen molar-refractivity contribution >= 4 is 8.25 Å². The Balaban J connectivity index is 4.01. The predicted octanol–water partition coefficient (Wildman–Crippen LogP) is -1.38. The average molecular weight is 199 g/mol. The molecular weight excluding hydrogens is 187 g/mol. The van der Waals surface area contributed by atoms with E-state index in [4.69, 9.17) is 20.2 Å². The standard InChI is InChI=1S/C5H11O6P/c6-1-5(2-7,3-8)4-11-12(9)10/h6-8H,1-4H2/p+1. The van der Waals surface area contributed by atoms with Crippen molar-refractivity contribution in [1.82, 2.24) is 0 Å². The third-order valence-corrected chi connectivity index (χ3v) is 1.84. The van der Waals surface area contributed by atoms with Gasteiger partial charge < -0.3 is 15.3 Å². The van der Waals surface area contributed by atoms with E-state index < -0.39 is 33.5 Å². The van der Waals surface area contributed by atoms with Crippen molar-refractivity contribution in [3.63, 3.8) is 0 Å². The largest absolute Gasteiger partial charge is 0.694 e. The van der Waals surface area contributed by atoms with Gasteiger partial charge in [0.15, 0.2) is 0 Å². The van der Waals surface area contributed by atoms with Crippen LogP contribution < -0.4 is 0 Å². The molecule has 6 nitrogen and oxygen atoms in total. The van der Waals surface area contributed by atoms with Crippen LogP contribution in [0.4, 0.5) is 0 Å². The van der Waals surface area contributed by atoms with Crippen molar-refractivity contribution < 1.29 is 29.3 Å². The van der Waals surface area contributed by atoms with E-state index in [0.29, 0.717) is 0 Å². The molecule has 0 rings (SSSR count). The SMILES string of the molecule is O=[P+](O)OCC(CO)(CO)CO. The van der Waals surface area contributed by atoms with Crippen molar-refractivity contribution in [1.29, 1.82) is 0 Å². The average Bonchev–Trinajstić information content (AvgIpc) is 2.08. The molecule has 0 aromatic rings. The Morgan fingerprint density at radius 3 is 1.83 bits per heavy atom. The van der Waals surface area contributed by atoms with Crippen LogP contribution in [0.2, 0.25) is 0 Å². The summed E-state index contributed by atoms with van der Waals surface area (Å²) in [5, 5.41) is 26.1. The fourth-order valence-electron chi connectivity index (χ4n) is 0.479. The van der Waals surface area contributed by atoms with Gasteiger partial charge >= 0.3 is 8.25 Å². The molecule has 7 heteroatoms. The minimum atomic E-state index is -2.77. The second-order valence-electron chi connectivity index (χ2n) is 2.49. The molecule has 4 N–H and O–H groups in total. The van der Waals surface area contributed by atoms with Gasteiger partial charge in [-0.1, -0.05) is 0 Å². The van der Waals surface area contributed by atoms with Crippen LogP contribution in [0.5, 0.6) is 0 Å². The molecule has 0 aliphatic carbocycles. The van der Waals surface area contributed by atoms with Crippen molar-refractivity contribution in [3.05, 3.63) is 0 Å². The lowest BCUT2D eigenvalue weighted by Gasteiger charge is -2.23. The molecule has 0 fully saturated rings. The van der Waals surface area contributed by atoms with Crippen molar-refractivity contribution in [2.24, 2.45) is 5.41 Å². The van der Waals surface area contributed by atoms with E-state index in [2.05, 4.69) is 4.52 Å². The van der Waals surface area contributed by atoms with Crippen LogP contribution in [0.15, 0.2) is 0 Å². The van der Waals surface area contributed by atoms with Gasteiger partial charge in [0.25, 0.3) is 0 Å². The van der Waals surface area contributed by atoms with Gasteiger partial charge in [-0.3, -0.25) is 0 Å². The fourth-order valence-corrected chi connectivity index (χ4v) is 0.863. The number of rotatable bonds is 6. The first-order valence-electron chi connectivity index (χ1n) is 3.22. The lowest BCUT2D eigenvalue weighted by molar-refractivity contribution is -0.0261. The van der Waals surface area contributed by atoms with Crippen molar-refractivity contribution in [2.75, 3.05) is 26.4 Å². The number of aliphatic hydroxyl groups excluding tert-OH is 3. The van der Waals surface area contributed by atoms with E-state index in [0.717, 1.165) is 0 Å². The maximum Gasteiger partial charge on any atom is 0.694 e. The lowest BCUT2D eigenvalue weighted by atomic mass is 9.93. The molecule has 0 aromatic carbocycles. The van der Waals surface area contributed by atoms with Gasteiger partial charge in [-0.2, -0.15) is 0 Å². The summed E-state index contributed by atoms with van der Waals surface area (Å²) >= 11 is 0. The summed E-state index contributed by atoms with van der Waals surface area (Å²) in [6, 6.07) is 0. The maximum absolute atomic E-state index is 10.1. The van der Waals surface area contributed by atoms with Gasteiger partial charge in [0.2, 0.25) is 0 Å². The molecule has 1 unspecified atom stereocenters. The first kappa shape index (κ1) is 11.9. The summed E-state index contributed by atoms with van der Waals surface area (Å²) in [7, 11) is -2.77. The molecule has 0 heterocycles. The Morgan fingerprint density at radius 2 is 1.58 bits per heavy atom. The van der Waals surface area contributed by atoms with Crippen molar-refractivity contribution in [2.45, 2.75) is 0 Å². The van der Waals surface area contributed by atoms with E-state index >= 15 is 0 Å². The van der Waals surface area contributed by atoms with Gasteiger partial charge in [0.1, 0.15) is 6.61 Å². The van der Waals surface area contributed by atoms with Gasteiger partial charge in [-0.25, -0.2) is 0 Å². The van der Waals surface area contributed by atoms with Gasteiger partial charge in [-0.05, 0) is 0 Å². The van der Waals surface area contributed by atoms with Crippen LogP contribution in [0, 0.1) is 5.41 Å². The normalized spacial score (nSPS) is 13.2. The molecule has 0 saturated carbocycles. The first-order valence-corrected chi connectivity index (χ1v) is 4.35. The summed E-state index contributed by atoms with van der Waals surface area (Å²) in [5.74, 6) is 0. The minimum Gasteiger partial charge on any atom is -0.396 e. The fraction of sp³-hybridized carbons (Fsp3) is 1.00. The molecular formula is C5H12O6P+. The van der Waals surface area contributed by atoms with E-state index in [1.165, 1.54) is 0 Å². The zero-order valence-corrected chi connectivity index (χ0v) is 7.28. The first-order chi connectivity index (χ1) is 5.60. The highest BCUT2D eigenvalue weighted by molar-refractivity contribution is 7.32. The second-order valence-corrected chi connectivity index (χ2v) is 3.22. The summed E-state index contributed by atoms with van der Waals surface area (Å²) < 4.78 is 14.3. The molecule has 0 aromatic heterocycles. The molecule has 0 amide bonds. The molecule has 12 heavy (non-hydrogen) atoms. The topological polar surface area (TPSA) is 107 Å². The highest BCUT2D eigenvalue weighted by Gasteiger charge is 2.32. The molecule has 0 radical (unpaired) electrons. The molecule has 0 aliphatic heterocycles. The summed E-state index contributed by atoms with van der Waals surface area (Å²) in [5.41, 5.74) is -1.24. The number of hydrogen-bond donors (Lipinski definition) is 4. The van der Waals surface area contributed by atoms with E-state index in [-0.39, 0.29) is 6.61 Å². The maximum atomic E-state index is 10.1. The Bertz CT molecular complexity index is 137. The molecule has 0 bridgehead atoms. The molecule has 1 atom stereocenters. The van der Waals surface area contributed by atoms with E-state index in [1.54, 1.807) is 0 Å². The second kappa shape index (κ2) is 5.53. The summed E-state index contributed by atoms with van der Waals surface area (Å²) in [6.07, 6.45) is 0. The van der Waals surface area contributed by atoms with Crippen LogP contribution in [0.25, 0.3) is 0 Å². The minimum absolute atomic E-state index is 0.359. The van der Waals surface area contributed by atoms with Gasteiger partial charge in [0.05, 0.1) is 25.2 Å². The quantitative estimate of drug-likeness (QED) is 0.392. The molecule has 0 spiro atoms. The Morgan fingerprint density at radius 1 is 1.17 bits per heavy atom. The zero-order valence-electron chi connectivity index (χ0n) is 6.38. The van der Waals surface area contributed by atoms with Crippen LogP contribution in [0.3, 0.4) is 0 Å². The Labute approximate surface area is 70.4 Å². The van der Waals surface area contributed by atoms with Crippen molar-refractivity contribution in [3.8, 4) is 0 Å². The number of aliphatic hydroxyl groups is 3. The molecule has 0 aliphatic rings. The number of hydrogen-bond acceptors (Lipinski definition) is 5. The Hall–Kier alpha value is -0.100. The highest BCUT2D eigenvalue weighted by Crippen LogP contribution is 2.22. The van der Waals surface area contributed by atoms with E-state index in [9.17, 15) is 4.57 Å². The van der Waals surface area contributed by atoms with Crippen LogP contribution in [-0.2, 0) is 9.09 Å². The summed E-state index contributed by atoms with van der Waals surface area (Å²) in [4.78, 5) is 8.24. The lowest BCUT2D eigenvalue weighted by Crippen LogP contribution is -2.38.